The van der Waals surface area contributed by atoms with E-state index in [1.165, 1.54) is 12.5 Å². The highest BCUT2D eigenvalue weighted by Gasteiger charge is 2.36. The van der Waals surface area contributed by atoms with Gasteiger partial charge in [-0.2, -0.15) is 0 Å². The van der Waals surface area contributed by atoms with Gasteiger partial charge in [-0.05, 0) is 29.9 Å². The number of carboxylic acid groups (broad SMARTS) is 2. The number of hydrogen-bond acceptors (Lipinski definition) is 10. The minimum atomic E-state index is -1.77. The maximum atomic E-state index is 13.8. The first-order valence-electron chi connectivity index (χ1n) is 18.4. The molecular formula is C37H52N10O10. The van der Waals surface area contributed by atoms with Gasteiger partial charge in [0, 0.05) is 48.3 Å². The van der Waals surface area contributed by atoms with E-state index in [2.05, 4.69) is 41.5 Å². The summed E-state index contributed by atoms with van der Waals surface area (Å²) in [5, 5.41) is 32.7. The van der Waals surface area contributed by atoms with Gasteiger partial charge in [0.25, 0.3) is 0 Å². The van der Waals surface area contributed by atoms with E-state index < -0.39 is 102 Å². The second-order valence-electron chi connectivity index (χ2n) is 14.2. The predicted molar refractivity (Wildman–Crippen MR) is 205 cm³/mol. The Morgan fingerprint density at radius 2 is 1.39 bits per heavy atom. The number of primary amides is 1. The van der Waals surface area contributed by atoms with Gasteiger partial charge in [0.1, 0.15) is 30.2 Å². The van der Waals surface area contributed by atoms with Crippen LogP contribution >= 0.6 is 0 Å². The molecule has 0 spiro atoms. The fourth-order valence-corrected chi connectivity index (χ4v) is 5.93. The Labute approximate surface area is 328 Å². The van der Waals surface area contributed by atoms with Gasteiger partial charge in [0.05, 0.1) is 18.8 Å². The average molecular weight is 797 g/mol. The summed E-state index contributed by atoms with van der Waals surface area (Å²) in [6, 6.07) is -1.09. The number of nitrogens with zero attached hydrogens (tertiary/aromatic N) is 1. The van der Waals surface area contributed by atoms with Crippen LogP contribution < -0.4 is 38.1 Å². The zero-order valence-corrected chi connectivity index (χ0v) is 32.2. The molecule has 0 saturated carbocycles. The van der Waals surface area contributed by atoms with Crippen molar-refractivity contribution < 1.29 is 48.6 Å². The molecular weight excluding hydrogens is 744 g/mol. The molecule has 3 rings (SSSR count). The van der Waals surface area contributed by atoms with Crippen molar-refractivity contribution in [3.05, 3.63) is 54.2 Å². The Balaban J connectivity index is 1.76. The van der Waals surface area contributed by atoms with Crippen LogP contribution in [0.4, 0.5) is 0 Å². The molecule has 57 heavy (non-hydrogen) atoms. The molecule has 310 valence electrons. The molecule has 0 radical (unpaired) electrons. The number of rotatable bonds is 23. The second kappa shape index (κ2) is 21.1. The van der Waals surface area contributed by atoms with Crippen molar-refractivity contribution >= 4 is 58.3 Å². The second-order valence-corrected chi connectivity index (χ2v) is 14.2. The van der Waals surface area contributed by atoms with Crippen LogP contribution in [0.5, 0.6) is 0 Å². The number of amides is 6. The van der Waals surface area contributed by atoms with Crippen LogP contribution in [-0.4, -0.2) is 109 Å². The molecule has 0 aliphatic rings. The number of carboxylic acids is 2. The molecule has 0 aliphatic carbocycles. The van der Waals surface area contributed by atoms with Crippen LogP contribution in [0, 0.1) is 11.8 Å². The number of benzene rings is 1. The van der Waals surface area contributed by atoms with Gasteiger partial charge in [0.2, 0.25) is 35.4 Å². The molecule has 0 saturated heterocycles. The third-order valence-electron chi connectivity index (χ3n) is 9.41. The first-order chi connectivity index (χ1) is 26.9. The lowest BCUT2D eigenvalue weighted by Gasteiger charge is -2.30. The molecule has 0 unspecified atom stereocenters. The smallest absolute Gasteiger partial charge is 0.326 e. The Morgan fingerprint density at radius 3 is 1.98 bits per heavy atom. The number of aromatic nitrogens is 3. The normalized spacial score (nSPS) is 14.9. The van der Waals surface area contributed by atoms with Gasteiger partial charge < -0.3 is 58.2 Å². The van der Waals surface area contributed by atoms with E-state index in [-0.39, 0.29) is 25.7 Å². The number of hydrogen-bond donors (Lipinski definition) is 11. The summed E-state index contributed by atoms with van der Waals surface area (Å²) < 4.78 is 0. The van der Waals surface area contributed by atoms with Gasteiger partial charge in [0.15, 0.2) is 0 Å². The fraction of sp³-hybridized carbons (Fsp3) is 0.486. The van der Waals surface area contributed by atoms with E-state index in [0.717, 1.165) is 10.9 Å². The monoisotopic (exact) mass is 796 g/mol. The van der Waals surface area contributed by atoms with E-state index in [4.69, 9.17) is 11.5 Å². The lowest BCUT2D eigenvalue weighted by molar-refractivity contribution is -0.142. The molecule has 3 aromatic rings. The lowest BCUT2D eigenvalue weighted by Crippen LogP contribution is -2.61. The minimum Gasteiger partial charge on any atom is -0.481 e. The van der Waals surface area contributed by atoms with Crippen molar-refractivity contribution in [3.63, 3.8) is 0 Å². The highest BCUT2D eigenvalue weighted by atomic mass is 16.4. The molecule has 20 nitrogen and oxygen atoms in total. The van der Waals surface area contributed by atoms with Crippen LogP contribution in [0.1, 0.15) is 64.6 Å². The molecule has 0 bridgehead atoms. The zero-order chi connectivity index (χ0) is 42.4. The molecule has 20 heteroatoms. The highest BCUT2D eigenvalue weighted by Crippen LogP contribution is 2.20. The highest BCUT2D eigenvalue weighted by molar-refractivity contribution is 5.98. The Hall–Kier alpha value is -6.31. The summed E-state index contributed by atoms with van der Waals surface area (Å²) in [6.07, 6.45) is 3.24. The predicted octanol–water partition coefficient (Wildman–Crippen LogP) is -1.05. The SMILES string of the molecule is CC[C@H](C)[C@H](NC(=O)[C@@H](NC(=O)[C@H](CC(=O)O)NC(=O)[C@H](CCC(N)=O)NC(=O)[C@@H](N)Cc1cnc[nH]1)C(C)C)C(=O)N[C@@H](Cc1c[nH]c2ccccc12)C(=O)O. The van der Waals surface area contributed by atoms with Crippen LogP contribution in [0.25, 0.3) is 10.9 Å². The number of nitrogens with two attached hydrogens (primary N) is 2. The Kier molecular flexibility index (Phi) is 16.7. The summed E-state index contributed by atoms with van der Waals surface area (Å²) in [6.45, 7) is 6.61. The van der Waals surface area contributed by atoms with Crippen molar-refractivity contribution in [2.24, 2.45) is 23.3 Å². The van der Waals surface area contributed by atoms with Crippen LogP contribution in [0.2, 0.25) is 0 Å². The standard InChI is InChI=1S/C37H52N10O10/c1-5-19(4)31(36(55)45-27(37(56)57)12-20-15-41-24-9-7-6-8-22(20)24)47-35(54)30(18(2)3)46-34(53)26(14-29(49)50)44-33(52)25(10-11-28(39)48)43-32(51)23(38)13-21-16-40-17-42-21/h6-9,15-19,23,25-27,30-31,41H,5,10-14,38H2,1-4H3,(H2,39,48)(H,40,42)(H,43,51)(H,44,52)(H,45,55)(H,46,53)(H,47,54)(H,49,50)(H,56,57)/t19-,23-,25-,26-,27-,30-,31-/m0/s1. The molecule has 2 heterocycles. The Bertz CT molecular complexity index is 1900. The van der Waals surface area contributed by atoms with Crippen molar-refractivity contribution in [1.82, 2.24) is 41.5 Å². The van der Waals surface area contributed by atoms with E-state index in [1.54, 1.807) is 40.0 Å². The zero-order valence-electron chi connectivity index (χ0n) is 32.2. The van der Waals surface area contributed by atoms with Gasteiger partial charge >= 0.3 is 11.9 Å². The number of para-hydroxylation sites is 1. The molecule has 6 amide bonds. The number of H-pyrrole nitrogens is 2. The number of fused-ring (bicyclic) bond motifs is 1. The van der Waals surface area contributed by atoms with Crippen molar-refractivity contribution in [2.75, 3.05) is 0 Å². The number of carbonyl (C=O) groups excluding carboxylic acids is 6. The molecule has 2 aromatic heterocycles. The number of carbonyl (C=O) groups is 8. The lowest BCUT2D eigenvalue weighted by atomic mass is 9.95. The number of aliphatic carboxylic acids is 2. The van der Waals surface area contributed by atoms with Gasteiger partial charge in [-0.25, -0.2) is 9.78 Å². The first-order valence-corrected chi connectivity index (χ1v) is 18.4. The third kappa shape index (κ3) is 13.4. The van der Waals surface area contributed by atoms with Gasteiger partial charge in [-0.15, -0.1) is 0 Å². The summed E-state index contributed by atoms with van der Waals surface area (Å²) in [7, 11) is 0. The molecule has 7 atom stereocenters. The van der Waals surface area contributed by atoms with Gasteiger partial charge in [-0.3, -0.25) is 33.6 Å². The topological polar surface area (TPSA) is 334 Å². The number of nitrogens with one attached hydrogen (secondary N) is 7. The van der Waals surface area contributed by atoms with E-state index in [0.29, 0.717) is 17.7 Å². The summed E-state index contributed by atoms with van der Waals surface area (Å²) in [5.74, 6) is -9.23. The maximum absolute atomic E-state index is 13.8. The van der Waals surface area contributed by atoms with E-state index >= 15 is 0 Å². The molecule has 1 aromatic carbocycles. The summed E-state index contributed by atoms with van der Waals surface area (Å²) in [4.78, 5) is 113. The minimum absolute atomic E-state index is 0.0173. The van der Waals surface area contributed by atoms with Crippen molar-refractivity contribution in [3.8, 4) is 0 Å². The quantitative estimate of drug-likeness (QED) is 0.0548. The first kappa shape index (κ1) is 45.1. The van der Waals surface area contributed by atoms with Crippen LogP contribution in [0.15, 0.2) is 43.0 Å². The largest absolute Gasteiger partial charge is 0.481 e. The summed E-state index contributed by atoms with van der Waals surface area (Å²) in [5.41, 5.74) is 13.2. The molecule has 13 N–H and O–H groups in total. The maximum Gasteiger partial charge on any atom is 0.326 e. The van der Waals surface area contributed by atoms with E-state index in [1.807, 2.05) is 18.2 Å². The number of imidazole rings is 1. The molecule has 0 aliphatic heterocycles. The Morgan fingerprint density at radius 1 is 0.772 bits per heavy atom. The van der Waals surface area contributed by atoms with Crippen LogP contribution in [0.3, 0.4) is 0 Å². The van der Waals surface area contributed by atoms with Crippen LogP contribution in [-0.2, 0) is 51.2 Å². The van der Waals surface area contributed by atoms with Crippen molar-refractivity contribution in [2.45, 2.75) is 102 Å². The average Bonchev–Trinajstić information content (AvgIpc) is 3.82. The van der Waals surface area contributed by atoms with Crippen molar-refractivity contribution in [1.29, 1.82) is 0 Å². The number of aromatic amines is 2. The van der Waals surface area contributed by atoms with E-state index in [9.17, 15) is 48.6 Å². The van der Waals surface area contributed by atoms with Gasteiger partial charge in [-0.1, -0.05) is 52.3 Å². The third-order valence-corrected chi connectivity index (χ3v) is 9.41. The summed E-state index contributed by atoms with van der Waals surface area (Å²) >= 11 is 0. The fourth-order valence-electron chi connectivity index (χ4n) is 5.93. The molecule has 0 fully saturated rings.